The van der Waals surface area contributed by atoms with Gasteiger partial charge in [0, 0.05) is 0 Å². The first-order valence-electron chi connectivity index (χ1n) is 9.77. The molecule has 0 saturated heterocycles. The second-order valence-electron chi connectivity index (χ2n) is 7.04. The van der Waals surface area contributed by atoms with Crippen LogP contribution in [0.1, 0.15) is 59.4 Å². The van der Waals surface area contributed by atoms with Crippen LogP contribution < -0.4 is 0 Å². The van der Waals surface area contributed by atoms with Crippen LogP contribution in [0.25, 0.3) is 0 Å². The number of carbonyl (C=O) groups is 3. The molecule has 0 aromatic heterocycles. The Labute approximate surface area is 162 Å². The quantitative estimate of drug-likeness (QED) is 0.430. The molecule has 0 heterocycles. The van der Waals surface area contributed by atoms with E-state index in [1.165, 1.54) is 0 Å². The maximum absolute atomic E-state index is 13.6. The van der Waals surface area contributed by atoms with Gasteiger partial charge in [0.25, 0.3) is 0 Å². The third-order valence-electron chi connectivity index (χ3n) is 4.86. The fourth-order valence-corrected chi connectivity index (χ4v) is 3.29. The first-order chi connectivity index (χ1) is 12.8. The van der Waals surface area contributed by atoms with E-state index < -0.39 is 29.1 Å². The molecule has 0 aliphatic heterocycles. The average molecular weight is 376 g/mol. The van der Waals surface area contributed by atoms with Crippen LogP contribution >= 0.6 is 0 Å². The second kappa shape index (κ2) is 10.9. The van der Waals surface area contributed by atoms with Crippen LogP contribution in [0.2, 0.25) is 0 Å². The van der Waals surface area contributed by atoms with Gasteiger partial charge >= 0.3 is 11.9 Å². The van der Waals surface area contributed by atoms with Crippen molar-refractivity contribution in [2.45, 2.75) is 59.3 Å². The topological polar surface area (TPSA) is 69.7 Å². The maximum Gasteiger partial charge on any atom is 0.328 e. The zero-order chi connectivity index (χ0) is 20.4. The highest BCUT2D eigenvalue weighted by Gasteiger charge is 2.48. The van der Waals surface area contributed by atoms with E-state index in [-0.39, 0.29) is 13.2 Å². The molecule has 0 radical (unpaired) electrons. The normalized spacial score (nSPS) is 13.3. The van der Waals surface area contributed by atoms with Crippen LogP contribution in [-0.2, 0) is 29.3 Å². The summed E-state index contributed by atoms with van der Waals surface area (Å²) in [7, 11) is 0. The van der Waals surface area contributed by atoms with Crippen molar-refractivity contribution in [3.05, 3.63) is 35.9 Å². The zero-order valence-electron chi connectivity index (χ0n) is 17.1. The molecule has 0 spiro atoms. The Kier molecular flexibility index (Phi) is 9.19. The average Bonchev–Trinajstić information content (AvgIpc) is 2.64. The van der Waals surface area contributed by atoms with Crippen molar-refractivity contribution < 1.29 is 23.9 Å². The molecule has 0 amide bonds. The monoisotopic (exact) mass is 376 g/mol. The number of hydrogen-bond donors (Lipinski definition) is 0. The second-order valence-corrected chi connectivity index (χ2v) is 7.04. The van der Waals surface area contributed by atoms with E-state index in [9.17, 15) is 14.4 Å². The van der Waals surface area contributed by atoms with Gasteiger partial charge in [-0.25, -0.2) is 0 Å². The first kappa shape index (κ1) is 22.9. The third kappa shape index (κ3) is 5.65. The van der Waals surface area contributed by atoms with Gasteiger partial charge in [0.15, 0.2) is 5.78 Å². The summed E-state index contributed by atoms with van der Waals surface area (Å²) in [5, 5.41) is 0. The van der Waals surface area contributed by atoms with Crippen LogP contribution in [-0.4, -0.2) is 30.9 Å². The number of ether oxygens (including phenoxy) is 2. The highest BCUT2D eigenvalue weighted by Crippen LogP contribution is 2.38. The number of hydrogen-bond acceptors (Lipinski definition) is 5. The molecule has 0 aliphatic rings. The fourth-order valence-electron chi connectivity index (χ4n) is 3.29. The molecule has 27 heavy (non-hydrogen) atoms. The number of ketones is 1. The Hall–Kier alpha value is -2.17. The van der Waals surface area contributed by atoms with Gasteiger partial charge < -0.3 is 9.47 Å². The Morgan fingerprint density at radius 1 is 0.926 bits per heavy atom. The maximum atomic E-state index is 13.6. The minimum atomic E-state index is -1.56. The van der Waals surface area contributed by atoms with Crippen LogP contribution in [0.15, 0.2) is 30.3 Å². The van der Waals surface area contributed by atoms with Crippen molar-refractivity contribution in [3.63, 3.8) is 0 Å². The lowest BCUT2D eigenvalue weighted by Crippen LogP contribution is -2.47. The number of rotatable bonds is 11. The summed E-state index contributed by atoms with van der Waals surface area (Å²) in [6.45, 7) is 9.57. The highest BCUT2D eigenvalue weighted by atomic mass is 16.6. The molecular weight excluding hydrogens is 344 g/mol. The molecule has 150 valence electrons. The molecule has 0 fully saturated rings. The predicted molar refractivity (Wildman–Crippen MR) is 104 cm³/mol. The number of esters is 2. The van der Waals surface area contributed by atoms with E-state index >= 15 is 0 Å². The first-order valence-corrected chi connectivity index (χ1v) is 9.77. The van der Waals surface area contributed by atoms with Gasteiger partial charge in [-0.2, -0.15) is 0 Å². The molecule has 0 N–H and O–H groups in total. The summed E-state index contributed by atoms with van der Waals surface area (Å²) in [4.78, 5) is 38.6. The fraction of sp³-hybridized carbons (Fsp3) is 0.591. The third-order valence-corrected chi connectivity index (χ3v) is 4.86. The number of Topliss-reactive ketones (excluding diaryl/α,β-unsaturated/α-hetero) is 1. The van der Waals surface area contributed by atoms with Crippen LogP contribution in [0, 0.1) is 11.8 Å². The Balaban J connectivity index is 3.44. The largest absolute Gasteiger partial charge is 0.465 e. The SMILES string of the molecule is CCOC(=O)C(C(=O)OCC)C(=O)C(CC)(CCC(C)C)c1ccccc1. The van der Waals surface area contributed by atoms with E-state index in [1.807, 2.05) is 37.3 Å². The summed E-state index contributed by atoms with van der Waals surface area (Å²) in [6, 6.07) is 9.38. The Morgan fingerprint density at radius 3 is 1.85 bits per heavy atom. The molecule has 1 rings (SSSR count). The van der Waals surface area contributed by atoms with E-state index in [0.717, 1.165) is 12.0 Å². The molecule has 0 bridgehead atoms. The zero-order valence-corrected chi connectivity index (χ0v) is 17.1. The van der Waals surface area contributed by atoms with Gasteiger partial charge in [-0.3, -0.25) is 14.4 Å². The summed E-state index contributed by atoms with van der Waals surface area (Å²) in [6.07, 6.45) is 1.84. The molecule has 0 saturated carbocycles. The van der Waals surface area contributed by atoms with Gasteiger partial charge in [-0.15, -0.1) is 0 Å². The Morgan fingerprint density at radius 2 is 1.44 bits per heavy atom. The van der Waals surface area contributed by atoms with Gasteiger partial charge in [0.1, 0.15) is 0 Å². The van der Waals surface area contributed by atoms with E-state index in [2.05, 4.69) is 13.8 Å². The van der Waals surface area contributed by atoms with Gasteiger partial charge in [0.2, 0.25) is 5.92 Å². The molecule has 1 aromatic carbocycles. The molecule has 5 nitrogen and oxygen atoms in total. The standard InChI is InChI=1S/C22H32O5/c1-6-22(15-14-16(4)5,17-12-10-9-11-13-17)19(23)18(20(24)26-7-2)21(25)27-8-3/h9-13,16,18H,6-8,14-15H2,1-5H3. The van der Waals surface area contributed by atoms with Gasteiger partial charge in [-0.1, -0.05) is 51.1 Å². The summed E-state index contributed by atoms with van der Waals surface area (Å²) < 4.78 is 10.1. The lowest BCUT2D eigenvalue weighted by Gasteiger charge is -2.34. The van der Waals surface area contributed by atoms with Gasteiger partial charge in [0.05, 0.1) is 18.6 Å². The molecule has 1 aromatic rings. The van der Waals surface area contributed by atoms with Crippen LogP contribution in [0.3, 0.4) is 0 Å². The van der Waals surface area contributed by atoms with Crippen molar-refractivity contribution in [1.29, 1.82) is 0 Å². The molecule has 5 heteroatoms. The molecule has 0 aliphatic carbocycles. The summed E-state index contributed by atoms with van der Waals surface area (Å²) in [5.41, 5.74) is -0.118. The number of carbonyl (C=O) groups excluding carboxylic acids is 3. The molecule has 1 atom stereocenters. The van der Waals surface area contributed by atoms with E-state index in [0.29, 0.717) is 18.8 Å². The highest BCUT2D eigenvalue weighted by molar-refractivity contribution is 6.18. The van der Waals surface area contributed by atoms with Crippen LogP contribution in [0.5, 0.6) is 0 Å². The smallest absolute Gasteiger partial charge is 0.328 e. The van der Waals surface area contributed by atoms with Crippen LogP contribution in [0.4, 0.5) is 0 Å². The predicted octanol–water partition coefficient (Wildman–Crippen LogP) is 4.08. The van der Waals surface area contributed by atoms with Gasteiger partial charge in [-0.05, 0) is 44.6 Å². The molecule has 1 unspecified atom stereocenters. The molecular formula is C22H32O5. The van der Waals surface area contributed by atoms with Crippen molar-refractivity contribution in [2.24, 2.45) is 11.8 Å². The van der Waals surface area contributed by atoms with Crippen molar-refractivity contribution in [2.75, 3.05) is 13.2 Å². The van der Waals surface area contributed by atoms with E-state index in [1.54, 1.807) is 13.8 Å². The van der Waals surface area contributed by atoms with Crippen molar-refractivity contribution >= 4 is 17.7 Å². The minimum Gasteiger partial charge on any atom is -0.465 e. The Bertz CT molecular complexity index is 605. The summed E-state index contributed by atoms with van der Waals surface area (Å²) >= 11 is 0. The summed E-state index contributed by atoms with van der Waals surface area (Å²) in [5.74, 6) is -3.28. The lowest BCUT2D eigenvalue weighted by molar-refractivity contribution is -0.165. The lowest BCUT2D eigenvalue weighted by atomic mass is 9.67. The minimum absolute atomic E-state index is 0.0957. The number of benzene rings is 1. The van der Waals surface area contributed by atoms with E-state index in [4.69, 9.17) is 9.47 Å². The van der Waals surface area contributed by atoms with Crippen molar-refractivity contribution in [3.8, 4) is 0 Å². The van der Waals surface area contributed by atoms with Crippen molar-refractivity contribution in [1.82, 2.24) is 0 Å².